The van der Waals surface area contributed by atoms with Crippen LogP contribution in [-0.4, -0.2) is 23.2 Å². The van der Waals surface area contributed by atoms with Gasteiger partial charge in [-0.1, -0.05) is 12.1 Å². The average molecular weight is 186 g/mol. The van der Waals surface area contributed by atoms with Crippen LogP contribution in [-0.2, 0) is 0 Å². The number of para-hydroxylation sites is 2. The molecule has 0 spiro atoms. The molecule has 0 aliphatic rings. The highest BCUT2D eigenvalue weighted by molar-refractivity contribution is 5.81. The molecule has 70 valence electrons. The molecule has 0 saturated heterocycles. The number of hydrogen-bond acceptors (Lipinski definition) is 4. The molecule has 1 aromatic heterocycles. The number of nitrogens with zero attached hydrogens (tertiary/aromatic N) is 3. The molecule has 4 heteroatoms. The number of rotatable bonds is 2. The van der Waals surface area contributed by atoms with E-state index in [-0.39, 0.29) is 0 Å². The second kappa shape index (κ2) is 3.83. The molecule has 0 unspecified atom stereocenters. The number of hydrogen-bond donors (Lipinski definition) is 1. The Morgan fingerprint density at radius 2 is 2.07 bits per heavy atom. The van der Waals surface area contributed by atoms with Gasteiger partial charge in [0, 0.05) is 7.05 Å². The number of aromatic nitrogens is 2. The second-order valence-corrected chi connectivity index (χ2v) is 2.77. The van der Waals surface area contributed by atoms with Gasteiger partial charge in [0.25, 0.3) is 0 Å². The van der Waals surface area contributed by atoms with E-state index in [9.17, 15) is 0 Å². The van der Waals surface area contributed by atoms with E-state index in [1.165, 1.54) is 0 Å². The fourth-order valence-electron chi connectivity index (χ4n) is 1.16. The number of hydrazone groups is 1. The van der Waals surface area contributed by atoms with E-state index in [4.69, 9.17) is 0 Å². The molecule has 2 rings (SSSR count). The molecular weight excluding hydrogens is 176 g/mol. The van der Waals surface area contributed by atoms with E-state index in [1.54, 1.807) is 19.5 Å². The van der Waals surface area contributed by atoms with Crippen molar-refractivity contribution in [2.45, 2.75) is 0 Å². The summed E-state index contributed by atoms with van der Waals surface area (Å²) in [5, 5.41) is 3.87. The Balaban J connectivity index is 2.46. The number of nitrogens with one attached hydrogen (secondary N) is 1. The van der Waals surface area contributed by atoms with Crippen LogP contribution in [0, 0.1) is 0 Å². The van der Waals surface area contributed by atoms with E-state index in [1.807, 2.05) is 24.3 Å². The first kappa shape index (κ1) is 8.62. The molecule has 0 bridgehead atoms. The summed E-state index contributed by atoms with van der Waals surface area (Å²) in [6, 6.07) is 7.74. The zero-order chi connectivity index (χ0) is 9.80. The first-order chi connectivity index (χ1) is 6.90. The van der Waals surface area contributed by atoms with Gasteiger partial charge in [-0.05, 0) is 12.1 Å². The lowest BCUT2D eigenvalue weighted by molar-refractivity contribution is 0.906. The van der Waals surface area contributed by atoms with Crippen LogP contribution in [0.15, 0.2) is 35.6 Å². The van der Waals surface area contributed by atoms with Crippen molar-refractivity contribution >= 4 is 17.2 Å². The highest BCUT2D eigenvalue weighted by Crippen LogP contribution is 2.06. The van der Waals surface area contributed by atoms with Crippen molar-refractivity contribution < 1.29 is 0 Å². The first-order valence-electron chi connectivity index (χ1n) is 4.32. The molecule has 2 aromatic rings. The number of benzene rings is 1. The minimum atomic E-state index is 0.748. The predicted octanol–water partition coefficient (Wildman–Crippen LogP) is 1.18. The van der Waals surface area contributed by atoms with E-state index < -0.39 is 0 Å². The van der Waals surface area contributed by atoms with Gasteiger partial charge in [0.15, 0.2) is 0 Å². The van der Waals surface area contributed by atoms with Gasteiger partial charge in [-0.3, -0.25) is 4.98 Å². The Bertz CT molecular complexity index is 464. The third-order valence-electron chi connectivity index (χ3n) is 1.79. The zero-order valence-corrected chi connectivity index (χ0v) is 7.81. The Labute approximate surface area is 81.7 Å². The Morgan fingerprint density at radius 1 is 1.29 bits per heavy atom. The van der Waals surface area contributed by atoms with Gasteiger partial charge < -0.3 is 5.43 Å². The average Bonchev–Trinajstić information content (AvgIpc) is 2.26. The summed E-state index contributed by atoms with van der Waals surface area (Å²) in [6.45, 7) is 0. The summed E-state index contributed by atoms with van der Waals surface area (Å²) in [6.07, 6.45) is 3.34. The fourth-order valence-corrected chi connectivity index (χ4v) is 1.16. The van der Waals surface area contributed by atoms with Crippen LogP contribution in [0.3, 0.4) is 0 Å². The molecule has 0 amide bonds. The molecule has 0 aliphatic heterocycles. The van der Waals surface area contributed by atoms with Crippen molar-refractivity contribution in [1.29, 1.82) is 0 Å². The van der Waals surface area contributed by atoms with Crippen LogP contribution in [0.5, 0.6) is 0 Å². The Morgan fingerprint density at radius 3 is 2.86 bits per heavy atom. The summed E-state index contributed by atoms with van der Waals surface area (Å²) in [5.74, 6) is 0. The Kier molecular flexibility index (Phi) is 2.36. The molecule has 0 fully saturated rings. The molecule has 1 N–H and O–H groups in total. The summed E-state index contributed by atoms with van der Waals surface area (Å²) in [5.41, 5.74) is 5.19. The fraction of sp³-hybridized carbons (Fsp3) is 0.100. The van der Waals surface area contributed by atoms with Crippen molar-refractivity contribution in [1.82, 2.24) is 15.4 Å². The molecule has 4 nitrogen and oxygen atoms in total. The third kappa shape index (κ3) is 1.69. The summed E-state index contributed by atoms with van der Waals surface area (Å²) < 4.78 is 0. The van der Waals surface area contributed by atoms with Crippen molar-refractivity contribution in [3.8, 4) is 0 Å². The predicted molar refractivity (Wildman–Crippen MR) is 56.2 cm³/mol. The molecule has 0 atom stereocenters. The van der Waals surface area contributed by atoms with E-state index >= 15 is 0 Å². The van der Waals surface area contributed by atoms with E-state index in [2.05, 4.69) is 20.5 Å². The van der Waals surface area contributed by atoms with Crippen LogP contribution in [0.2, 0.25) is 0 Å². The van der Waals surface area contributed by atoms with Crippen LogP contribution in [0.4, 0.5) is 0 Å². The standard InChI is InChI=1S/C10H10N4/c1-11-13-7-8-6-12-9-4-2-3-5-10(9)14-8/h2-7,11H,1H3/b13-7-. The molecule has 0 saturated carbocycles. The van der Waals surface area contributed by atoms with Crippen molar-refractivity contribution in [3.05, 3.63) is 36.2 Å². The summed E-state index contributed by atoms with van der Waals surface area (Å²) in [4.78, 5) is 8.61. The third-order valence-corrected chi connectivity index (χ3v) is 1.79. The first-order valence-corrected chi connectivity index (χ1v) is 4.32. The SMILES string of the molecule is CN/N=C\c1cnc2ccccc2n1. The van der Waals surface area contributed by atoms with Crippen LogP contribution >= 0.6 is 0 Å². The summed E-state index contributed by atoms with van der Waals surface area (Å²) >= 11 is 0. The minimum absolute atomic E-state index is 0.748. The van der Waals surface area contributed by atoms with Gasteiger partial charge in [-0.25, -0.2) is 4.98 Å². The highest BCUT2D eigenvalue weighted by atomic mass is 15.3. The van der Waals surface area contributed by atoms with Crippen LogP contribution in [0.25, 0.3) is 11.0 Å². The second-order valence-electron chi connectivity index (χ2n) is 2.77. The molecule has 0 aliphatic carbocycles. The van der Waals surface area contributed by atoms with Crippen molar-refractivity contribution in [2.24, 2.45) is 5.10 Å². The van der Waals surface area contributed by atoms with Crippen molar-refractivity contribution in [3.63, 3.8) is 0 Å². The van der Waals surface area contributed by atoms with Crippen molar-refractivity contribution in [2.75, 3.05) is 7.05 Å². The maximum Gasteiger partial charge on any atom is 0.102 e. The Hall–Kier alpha value is -1.97. The largest absolute Gasteiger partial charge is 0.313 e. The van der Waals surface area contributed by atoms with E-state index in [0.29, 0.717) is 0 Å². The van der Waals surface area contributed by atoms with Gasteiger partial charge >= 0.3 is 0 Å². The smallest absolute Gasteiger partial charge is 0.102 e. The lowest BCUT2D eigenvalue weighted by Gasteiger charge is -1.96. The van der Waals surface area contributed by atoms with Gasteiger partial charge in [0.2, 0.25) is 0 Å². The quantitative estimate of drug-likeness (QED) is 0.566. The summed E-state index contributed by atoms with van der Waals surface area (Å²) in [7, 11) is 1.74. The van der Waals surface area contributed by atoms with E-state index in [0.717, 1.165) is 16.7 Å². The molecule has 0 radical (unpaired) electrons. The maximum atomic E-state index is 4.36. The maximum absolute atomic E-state index is 4.36. The topological polar surface area (TPSA) is 50.2 Å². The lowest BCUT2D eigenvalue weighted by Crippen LogP contribution is -1.97. The van der Waals surface area contributed by atoms with Gasteiger partial charge in [0.05, 0.1) is 23.4 Å². The molecule has 1 heterocycles. The zero-order valence-electron chi connectivity index (χ0n) is 7.81. The van der Waals surface area contributed by atoms with Gasteiger partial charge in [-0.2, -0.15) is 5.10 Å². The van der Waals surface area contributed by atoms with Gasteiger partial charge in [0.1, 0.15) is 5.69 Å². The molecule has 1 aromatic carbocycles. The van der Waals surface area contributed by atoms with Crippen LogP contribution in [0.1, 0.15) is 5.69 Å². The normalized spacial score (nSPS) is 10.9. The monoisotopic (exact) mass is 186 g/mol. The molecular formula is C10H10N4. The number of fused-ring (bicyclic) bond motifs is 1. The minimum Gasteiger partial charge on any atom is -0.313 e. The highest BCUT2D eigenvalue weighted by Gasteiger charge is 1.95. The van der Waals surface area contributed by atoms with Crippen LogP contribution < -0.4 is 5.43 Å². The molecule has 14 heavy (non-hydrogen) atoms. The lowest BCUT2D eigenvalue weighted by atomic mass is 10.3. The van der Waals surface area contributed by atoms with Gasteiger partial charge in [-0.15, -0.1) is 0 Å².